The molecule has 5 nitrogen and oxygen atoms in total. The zero-order valence-corrected chi connectivity index (χ0v) is 17.2. The predicted octanol–water partition coefficient (Wildman–Crippen LogP) is 4.36. The maximum Gasteiger partial charge on any atom is 0.251 e. The van der Waals surface area contributed by atoms with Crippen LogP contribution in [0.1, 0.15) is 42.5 Å². The lowest BCUT2D eigenvalue weighted by Crippen LogP contribution is -2.25. The van der Waals surface area contributed by atoms with Crippen LogP contribution >= 0.6 is 11.8 Å². The Morgan fingerprint density at radius 1 is 1.07 bits per heavy atom. The minimum absolute atomic E-state index is 0.0365. The lowest BCUT2D eigenvalue weighted by molar-refractivity contribution is 0.0949. The van der Waals surface area contributed by atoms with Crippen LogP contribution in [0, 0.1) is 5.82 Å². The highest BCUT2D eigenvalue weighted by Crippen LogP contribution is 2.23. The Labute approximate surface area is 168 Å². The average Bonchev–Trinajstić information content (AvgIpc) is 3.09. The van der Waals surface area contributed by atoms with Crippen molar-refractivity contribution < 1.29 is 9.18 Å². The highest BCUT2D eigenvalue weighted by molar-refractivity contribution is 7.98. The number of thioether (sulfide) groups is 1. The summed E-state index contributed by atoms with van der Waals surface area (Å²) in [5.74, 6) is 0.0894. The second kappa shape index (κ2) is 8.14. The van der Waals surface area contributed by atoms with Crippen molar-refractivity contribution in [2.75, 3.05) is 6.26 Å². The molecule has 1 aromatic heterocycles. The van der Waals surface area contributed by atoms with Crippen molar-refractivity contribution in [3.8, 4) is 5.69 Å². The van der Waals surface area contributed by atoms with E-state index in [0.717, 1.165) is 5.69 Å². The first-order chi connectivity index (χ1) is 13.3. The van der Waals surface area contributed by atoms with Crippen molar-refractivity contribution in [1.29, 1.82) is 0 Å². The molecule has 0 fully saturated rings. The third kappa shape index (κ3) is 4.42. The average molecular weight is 399 g/mol. The molecule has 28 heavy (non-hydrogen) atoms. The van der Waals surface area contributed by atoms with Gasteiger partial charge in [0, 0.05) is 11.3 Å². The molecule has 0 unspecified atom stereocenters. The minimum Gasteiger partial charge on any atom is -0.345 e. The number of halogens is 1. The molecular formula is C21H23FN4OS. The standard InChI is InChI=1S/C21H23FN4OS/c1-21(2,3)15-7-5-14(6-8-15)19(27)23-13-18-24-25-20(28-4)26(18)17-11-9-16(22)10-12-17/h5-12H,13H2,1-4H3,(H,23,27). The second-order valence-electron chi connectivity index (χ2n) is 7.42. The molecule has 0 spiro atoms. The van der Waals surface area contributed by atoms with Gasteiger partial charge in [0.15, 0.2) is 11.0 Å². The normalized spacial score (nSPS) is 11.5. The number of aromatic nitrogens is 3. The molecule has 1 amide bonds. The molecular weight excluding hydrogens is 375 g/mol. The summed E-state index contributed by atoms with van der Waals surface area (Å²) in [6.07, 6.45) is 1.89. The molecule has 3 rings (SSSR count). The van der Waals surface area contributed by atoms with Gasteiger partial charge in [-0.1, -0.05) is 44.7 Å². The Bertz CT molecular complexity index is 960. The highest BCUT2D eigenvalue weighted by Gasteiger charge is 2.16. The SMILES string of the molecule is CSc1nnc(CNC(=O)c2ccc(C(C)(C)C)cc2)n1-c1ccc(F)cc1. The maximum atomic E-state index is 13.3. The summed E-state index contributed by atoms with van der Waals surface area (Å²) in [6, 6.07) is 13.7. The number of hydrogen-bond acceptors (Lipinski definition) is 4. The van der Waals surface area contributed by atoms with E-state index in [0.29, 0.717) is 16.5 Å². The van der Waals surface area contributed by atoms with Crippen molar-refractivity contribution in [3.63, 3.8) is 0 Å². The fourth-order valence-electron chi connectivity index (χ4n) is 2.78. The van der Waals surface area contributed by atoms with E-state index < -0.39 is 0 Å². The summed E-state index contributed by atoms with van der Waals surface area (Å²) in [4.78, 5) is 12.5. The summed E-state index contributed by atoms with van der Waals surface area (Å²) in [7, 11) is 0. The fourth-order valence-corrected chi connectivity index (χ4v) is 3.30. The first-order valence-corrected chi connectivity index (χ1v) is 10.1. The van der Waals surface area contributed by atoms with Gasteiger partial charge in [0.05, 0.1) is 6.54 Å². The van der Waals surface area contributed by atoms with Gasteiger partial charge in [0.25, 0.3) is 5.91 Å². The van der Waals surface area contributed by atoms with Gasteiger partial charge in [-0.25, -0.2) is 4.39 Å². The van der Waals surface area contributed by atoms with Crippen LogP contribution in [0.15, 0.2) is 53.7 Å². The number of carbonyl (C=O) groups excluding carboxylic acids is 1. The largest absolute Gasteiger partial charge is 0.345 e. The van der Waals surface area contributed by atoms with Gasteiger partial charge in [-0.05, 0) is 53.6 Å². The molecule has 0 aliphatic heterocycles. The summed E-state index contributed by atoms with van der Waals surface area (Å²) in [5.41, 5.74) is 2.54. The van der Waals surface area contributed by atoms with Crippen LogP contribution in [0.2, 0.25) is 0 Å². The molecule has 146 valence electrons. The third-order valence-corrected chi connectivity index (χ3v) is 5.02. The van der Waals surface area contributed by atoms with E-state index in [1.807, 2.05) is 35.1 Å². The van der Waals surface area contributed by atoms with Crippen molar-refractivity contribution in [1.82, 2.24) is 20.1 Å². The zero-order chi connectivity index (χ0) is 20.3. The third-order valence-electron chi connectivity index (χ3n) is 4.39. The summed E-state index contributed by atoms with van der Waals surface area (Å²) >= 11 is 1.43. The van der Waals surface area contributed by atoms with Crippen LogP contribution in [0.25, 0.3) is 5.69 Å². The first-order valence-electron chi connectivity index (χ1n) is 8.92. The molecule has 0 aliphatic carbocycles. The molecule has 0 saturated carbocycles. The van der Waals surface area contributed by atoms with Gasteiger partial charge in [-0.15, -0.1) is 10.2 Å². The fraction of sp³-hybridized carbons (Fsp3) is 0.286. The highest BCUT2D eigenvalue weighted by atomic mass is 32.2. The number of nitrogens with zero attached hydrogens (tertiary/aromatic N) is 3. The lowest BCUT2D eigenvalue weighted by atomic mass is 9.87. The van der Waals surface area contributed by atoms with E-state index in [1.165, 1.54) is 29.5 Å². The van der Waals surface area contributed by atoms with Crippen LogP contribution in [0.5, 0.6) is 0 Å². The van der Waals surface area contributed by atoms with Crippen LogP contribution in [-0.2, 0) is 12.0 Å². The van der Waals surface area contributed by atoms with Crippen molar-refractivity contribution in [2.45, 2.75) is 37.9 Å². The van der Waals surface area contributed by atoms with E-state index in [9.17, 15) is 9.18 Å². The minimum atomic E-state index is -0.309. The van der Waals surface area contributed by atoms with E-state index in [1.54, 1.807) is 12.1 Å². The molecule has 1 N–H and O–H groups in total. The summed E-state index contributed by atoms with van der Waals surface area (Å²) in [6.45, 7) is 6.61. The second-order valence-corrected chi connectivity index (χ2v) is 8.20. The Morgan fingerprint density at radius 2 is 1.71 bits per heavy atom. The van der Waals surface area contributed by atoms with Crippen LogP contribution in [0.3, 0.4) is 0 Å². The molecule has 2 aromatic carbocycles. The molecule has 7 heteroatoms. The monoisotopic (exact) mass is 398 g/mol. The number of benzene rings is 2. The number of hydrogen-bond donors (Lipinski definition) is 1. The molecule has 0 saturated heterocycles. The van der Waals surface area contributed by atoms with Crippen molar-refractivity contribution >= 4 is 17.7 Å². The van der Waals surface area contributed by atoms with Crippen LogP contribution < -0.4 is 5.32 Å². The molecule has 3 aromatic rings. The van der Waals surface area contributed by atoms with Crippen LogP contribution in [-0.4, -0.2) is 26.9 Å². The maximum absolute atomic E-state index is 13.3. The van der Waals surface area contributed by atoms with Gasteiger partial charge < -0.3 is 5.32 Å². The number of rotatable bonds is 5. The molecule has 0 radical (unpaired) electrons. The zero-order valence-electron chi connectivity index (χ0n) is 16.4. The molecule has 0 bridgehead atoms. The number of amides is 1. The van der Waals surface area contributed by atoms with E-state index in [4.69, 9.17) is 0 Å². The number of carbonyl (C=O) groups is 1. The summed E-state index contributed by atoms with van der Waals surface area (Å²) < 4.78 is 15.1. The smallest absolute Gasteiger partial charge is 0.251 e. The van der Waals surface area contributed by atoms with Gasteiger partial charge in [-0.2, -0.15) is 0 Å². The Kier molecular flexibility index (Phi) is 5.84. The van der Waals surface area contributed by atoms with Crippen LogP contribution in [0.4, 0.5) is 4.39 Å². The van der Waals surface area contributed by atoms with Gasteiger partial charge in [-0.3, -0.25) is 9.36 Å². The first kappa shape index (κ1) is 20.1. The lowest BCUT2D eigenvalue weighted by Gasteiger charge is -2.19. The quantitative estimate of drug-likeness (QED) is 0.649. The topological polar surface area (TPSA) is 59.8 Å². The van der Waals surface area contributed by atoms with E-state index >= 15 is 0 Å². The molecule has 0 atom stereocenters. The van der Waals surface area contributed by atoms with Gasteiger partial charge in [0.2, 0.25) is 0 Å². The Hall–Kier alpha value is -2.67. The Balaban J connectivity index is 1.77. The Morgan fingerprint density at radius 3 is 2.29 bits per heavy atom. The van der Waals surface area contributed by atoms with Gasteiger partial charge in [0.1, 0.15) is 5.82 Å². The molecule has 1 heterocycles. The predicted molar refractivity (Wildman–Crippen MR) is 109 cm³/mol. The van der Waals surface area contributed by atoms with E-state index in [-0.39, 0.29) is 23.7 Å². The molecule has 0 aliphatic rings. The van der Waals surface area contributed by atoms with Gasteiger partial charge >= 0.3 is 0 Å². The van der Waals surface area contributed by atoms with E-state index in [2.05, 4.69) is 36.3 Å². The van der Waals surface area contributed by atoms with Crippen molar-refractivity contribution in [3.05, 3.63) is 71.3 Å². The summed E-state index contributed by atoms with van der Waals surface area (Å²) in [5, 5.41) is 11.9. The van der Waals surface area contributed by atoms with Crippen molar-refractivity contribution in [2.24, 2.45) is 0 Å². The number of nitrogens with one attached hydrogen (secondary N) is 1.